The van der Waals surface area contributed by atoms with E-state index in [1.807, 2.05) is 6.07 Å². The molecule has 0 radical (unpaired) electrons. The van der Waals surface area contributed by atoms with Crippen molar-refractivity contribution in [2.24, 2.45) is 5.92 Å². The van der Waals surface area contributed by atoms with E-state index in [9.17, 15) is 9.18 Å². The van der Waals surface area contributed by atoms with Crippen molar-refractivity contribution in [3.63, 3.8) is 0 Å². The Morgan fingerprint density at radius 3 is 2.85 bits per heavy atom. The molecule has 138 valence electrons. The van der Waals surface area contributed by atoms with Gasteiger partial charge >= 0.3 is 0 Å². The van der Waals surface area contributed by atoms with Gasteiger partial charge in [-0.05, 0) is 43.0 Å². The summed E-state index contributed by atoms with van der Waals surface area (Å²) >= 11 is 0. The fourth-order valence-corrected chi connectivity index (χ4v) is 3.31. The average molecular weight is 356 g/mol. The van der Waals surface area contributed by atoms with Crippen molar-refractivity contribution in [3.8, 4) is 5.75 Å². The van der Waals surface area contributed by atoms with Gasteiger partial charge in [0.15, 0.2) is 6.61 Å². The van der Waals surface area contributed by atoms with Crippen molar-refractivity contribution in [2.75, 3.05) is 26.2 Å². The molecule has 0 aliphatic carbocycles. The molecule has 26 heavy (non-hydrogen) atoms. The highest BCUT2D eigenvalue weighted by Crippen LogP contribution is 2.21. The highest BCUT2D eigenvalue weighted by Gasteiger charge is 2.22. The second-order valence-electron chi connectivity index (χ2n) is 6.76. The van der Waals surface area contributed by atoms with Crippen LogP contribution in [0.5, 0.6) is 5.75 Å². The summed E-state index contributed by atoms with van der Waals surface area (Å²) in [5.41, 5.74) is 1.34. The number of carbonyl (C=O) groups excluding carboxylic acids is 1. The Hall–Kier alpha value is -2.40. The van der Waals surface area contributed by atoms with Gasteiger partial charge < -0.3 is 10.1 Å². The molecule has 0 saturated carbocycles. The van der Waals surface area contributed by atoms with Gasteiger partial charge in [-0.1, -0.05) is 36.4 Å². The van der Waals surface area contributed by atoms with Gasteiger partial charge in [0, 0.05) is 25.7 Å². The van der Waals surface area contributed by atoms with E-state index in [2.05, 4.69) is 34.5 Å². The third-order valence-electron chi connectivity index (χ3n) is 4.66. The van der Waals surface area contributed by atoms with Crippen LogP contribution in [0.15, 0.2) is 54.6 Å². The second-order valence-corrected chi connectivity index (χ2v) is 6.76. The van der Waals surface area contributed by atoms with Crippen molar-refractivity contribution in [3.05, 3.63) is 66.0 Å². The molecule has 1 atom stereocenters. The van der Waals surface area contributed by atoms with E-state index in [1.165, 1.54) is 24.1 Å². The molecule has 0 bridgehead atoms. The maximum absolute atomic E-state index is 13.1. The number of benzene rings is 2. The predicted octanol–water partition coefficient (Wildman–Crippen LogP) is 3.23. The zero-order valence-corrected chi connectivity index (χ0v) is 14.9. The molecule has 1 amide bonds. The fraction of sp³-hybridized carbons (Fsp3) is 0.381. The van der Waals surface area contributed by atoms with Crippen LogP contribution in [0.25, 0.3) is 0 Å². The lowest BCUT2D eigenvalue weighted by atomic mass is 10.1. The normalized spacial score (nSPS) is 17.2. The molecule has 4 nitrogen and oxygen atoms in total. The summed E-state index contributed by atoms with van der Waals surface area (Å²) in [6.45, 7) is 3.73. The Kier molecular flexibility index (Phi) is 6.61. The number of carbonyl (C=O) groups is 1. The number of hydrogen-bond donors (Lipinski definition) is 1. The summed E-state index contributed by atoms with van der Waals surface area (Å²) in [4.78, 5) is 14.3. The van der Waals surface area contributed by atoms with Gasteiger partial charge in [0.25, 0.3) is 5.91 Å². The van der Waals surface area contributed by atoms with Crippen LogP contribution < -0.4 is 10.1 Å². The monoisotopic (exact) mass is 356 g/mol. The largest absolute Gasteiger partial charge is 0.484 e. The molecule has 1 aliphatic heterocycles. The molecule has 2 aromatic carbocycles. The smallest absolute Gasteiger partial charge is 0.257 e. The van der Waals surface area contributed by atoms with Crippen molar-refractivity contribution in [2.45, 2.75) is 19.4 Å². The van der Waals surface area contributed by atoms with E-state index < -0.39 is 0 Å². The van der Waals surface area contributed by atoms with Gasteiger partial charge in [-0.25, -0.2) is 4.39 Å². The van der Waals surface area contributed by atoms with Crippen LogP contribution in [0.3, 0.4) is 0 Å². The SMILES string of the molecule is O=C(COc1cccc(F)c1)NCCC1CCN(Cc2ccccc2)C1. The van der Waals surface area contributed by atoms with Crippen molar-refractivity contribution in [1.29, 1.82) is 0 Å². The van der Waals surface area contributed by atoms with E-state index in [0.29, 0.717) is 18.2 Å². The average Bonchev–Trinajstić information content (AvgIpc) is 3.08. The van der Waals surface area contributed by atoms with Crippen molar-refractivity contribution in [1.82, 2.24) is 10.2 Å². The molecule has 1 N–H and O–H groups in total. The van der Waals surface area contributed by atoms with E-state index in [0.717, 1.165) is 26.1 Å². The van der Waals surface area contributed by atoms with Gasteiger partial charge in [0.2, 0.25) is 0 Å². The molecule has 1 unspecified atom stereocenters. The maximum Gasteiger partial charge on any atom is 0.257 e. The van der Waals surface area contributed by atoms with Crippen LogP contribution in [-0.2, 0) is 11.3 Å². The molecule has 1 heterocycles. The topological polar surface area (TPSA) is 41.6 Å². The van der Waals surface area contributed by atoms with Crippen LogP contribution in [0.4, 0.5) is 4.39 Å². The number of amides is 1. The summed E-state index contributed by atoms with van der Waals surface area (Å²) in [5, 5.41) is 2.88. The third kappa shape index (κ3) is 5.85. The number of hydrogen-bond acceptors (Lipinski definition) is 3. The molecule has 1 fully saturated rings. The summed E-state index contributed by atoms with van der Waals surface area (Å²) in [5.74, 6) is 0.438. The molecular weight excluding hydrogens is 331 g/mol. The zero-order valence-electron chi connectivity index (χ0n) is 14.9. The lowest BCUT2D eigenvalue weighted by molar-refractivity contribution is -0.123. The van der Waals surface area contributed by atoms with Gasteiger partial charge in [-0.2, -0.15) is 0 Å². The van der Waals surface area contributed by atoms with E-state index in [4.69, 9.17) is 4.74 Å². The Morgan fingerprint density at radius 2 is 2.04 bits per heavy atom. The predicted molar refractivity (Wildman–Crippen MR) is 99.3 cm³/mol. The summed E-state index contributed by atoms with van der Waals surface area (Å²) in [6, 6.07) is 16.3. The highest BCUT2D eigenvalue weighted by molar-refractivity contribution is 5.77. The van der Waals surface area contributed by atoms with Crippen LogP contribution in [0.1, 0.15) is 18.4 Å². The molecule has 0 spiro atoms. The van der Waals surface area contributed by atoms with Gasteiger partial charge in [-0.15, -0.1) is 0 Å². The van der Waals surface area contributed by atoms with E-state index >= 15 is 0 Å². The van der Waals surface area contributed by atoms with Crippen LogP contribution in [-0.4, -0.2) is 37.0 Å². The van der Waals surface area contributed by atoms with Crippen molar-refractivity contribution < 1.29 is 13.9 Å². The number of halogens is 1. The fourth-order valence-electron chi connectivity index (χ4n) is 3.31. The first-order chi connectivity index (χ1) is 12.7. The van der Waals surface area contributed by atoms with E-state index in [-0.39, 0.29) is 18.3 Å². The number of nitrogens with zero attached hydrogens (tertiary/aromatic N) is 1. The minimum atomic E-state index is -0.371. The number of likely N-dealkylation sites (tertiary alicyclic amines) is 1. The Labute approximate surface area is 154 Å². The number of nitrogens with one attached hydrogen (secondary N) is 1. The second kappa shape index (κ2) is 9.34. The molecule has 1 saturated heterocycles. The van der Waals surface area contributed by atoms with Gasteiger partial charge in [0.05, 0.1) is 0 Å². The summed E-state index contributed by atoms with van der Waals surface area (Å²) in [7, 11) is 0. The molecule has 2 aromatic rings. The Bertz CT molecular complexity index is 708. The minimum absolute atomic E-state index is 0.0890. The number of ether oxygens (including phenoxy) is 1. The molecule has 5 heteroatoms. The first-order valence-electron chi connectivity index (χ1n) is 9.10. The quantitative estimate of drug-likeness (QED) is 0.790. The first-order valence-corrected chi connectivity index (χ1v) is 9.10. The van der Waals surface area contributed by atoms with Crippen LogP contribution >= 0.6 is 0 Å². The standard InChI is InChI=1S/C21H25FN2O2/c22-19-7-4-8-20(13-19)26-16-21(25)23-11-9-18-10-12-24(15-18)14-17-5-2-1-3-6-17/h1-8,13,18H,9-12,14-16H2,(H,23,25). The molecular formula is C21H25FN2O2. The summed E-state index contributed by atoms with van der Waals surface area (Å²) in [6.07, 6.45) is 2.14. The molecule has 1 aliphatic rings. The van der Waals surface area contributed by atoms with E-state index in [1.54, 1.807) is 12.1 Å². The number of rotatable bonds is 8. The molecule has 0 aromatic heterocycles. The van der Waals surface area contributed by atoms with Crippen LogP contribution in [0, 0.1) is 11.7 Å². The van der Waals surface area contributed by atoms with Gasteiger partial charge in [-0.3, -0.25) is 9.69 Å². The van der Waals surface area contributed by atoms with Gasteiger partial charge in [0.1, 0.15) is 11.6 Å². The maximum atomic E-state index is 13.1. The summed E-state index contributed by atoms with van der Waals surface area (Å²) < 4.78 is 18.3. The lowest BCUT2D eigenvalue weighted by Crippen LogP contribution is -2.31. The molecule has 3 rings (SSSR count). The van der Waals surface area contributed by atoms with Crippen LogP contribution in [0.2, 0.25) is 0 Å². The highest BCUT2D eigenvalue weighted by atomic mass is 19.1. The zero-order chi connectivity index (χ0) is 18.2. The Balaban J connectivity index is 1.30. The lowest BCUT2D eigenvalue weighted by Gasteiger charge is -2.16. The Morgan fingerprint density at radius 1 is 1.19 bits per heavy atom. The third-order valence-corrected chi connectivity index (χ3v) is 4.66. The van der Waals surface area contributed by atoms with Crippen molar-refractivity contribution >= 4 is 5.91 Å². The minimum Gasteiger partial charge on any atom is -0.484 e. The first kappa shape index (κ1) is 18.4.